The molecular weight excluding hydrogens is 370 g/mol. The summed E-state index contributed by atoms with van der Waals surface area (Å²) in [4.78, 5) is 26.8. The van der Waals surface area contributed by atoms with Crippen LogP contribution in [0, 0.1) is 5.92 Å². The van der Waals surface area contributed by atoms with Gasteiger partial charge in [-0.05, 0) is 24.7 Å². The molecule has 0 aliphatic carbocycles. The van der Waals surface area contributed by atoms with Gasteiger partial charge in [0.15, 0.2) is 5.78 Å². The Morgan fingerprint density at radius 3 is 2.29 bits per heavy atom. The molecule has 0 amide bonds. The van der Waals surface area contributed by atoms with Gasteiger partial charge in [0.1, 0.15) is 5.92 Å². The normalized spacial score (nSPS) is 12.0. The van der Waals surface area contributed by atoms with Gasteiger partial charge in [-0.15, -0.1) is 0 Å². The zero-order chi connectivity index (χ0) is 17.5. The largest absolute Gasteiger partial charge is 0.468 e. The lowest BCUT2D eigenvalue weighted by Gasteiger charge is -2.22. The lowest BCUT2D eigenvalue weighted by Crippen LogP contribution is -2.36. The van der Waals surface area contributed by atoms with Crippen LogP contribution >= 0.6 is 15.9 Å². The highest BCUT2D eigenvalue weighted by molar-refractivity contribution is 9.10. The predicted octanol–water partition coefficient (Wildman–Crippen LogP) is 3.55. The molecule has 0 bridgehead atoms. The summed E-state index contributed by atoms with van der Waals surface area (Å²) in [5, 5.41) is 0. The van der Waals surface area contributed by atoms with Gasteiger partial charge in [-0.1, -0.05) is 58.4 Å². The van der Waals surface area contributed by atoms with E-state index in [0.717, 1.165) is 10.0 Å². The molecule has 2 rings (SSSR count). The first-order valence-electron chi connectivity index (χ1n) is 7.61. The maximum atomic E-state index is 12.7. The average Bonchev–Trinajstić information content (AvgIpc) is 2.60. The summed E-state index contributed by atoms with van der Waals surface area (Å²) in [5.74, 6) is -1.58. The highest BCUT2D eigenvalue weighted by atomic mass is 79.9. The van der Waals surface area contributed by atoms with Crippen molar-refractivity contribution in [2.45, 2.75) is 6.54 Å². The predicted molar refractivity (Wildman–Crippen MR) is 96.8 cm³/mol. The van der Waals surface area contributed by atoms with Crippen molar-refractivity contribution in [2.24, 2.45) is 5.92 Å². The average molecular weight is 390 g/mol. The van der Waals surface area contributed by atoms with Crippen LogP contribution in [0.2, 0.25) is 0 Å². The fourth-order valence-corrected chi connectivity index (χ4v) is 2.76. The Morgan fingerprint density at radius 2 is 1.71 bits per heavy atom. The molecule has 126 valence electrons. The van der Waals surface area contributed by atoms with Gasteiger partial charge in [0, 0.05) is 23.1 Å². The minimum absolute atomic E-state index is 0.228. The second-order valence-corrected chi connectivity index (χ2v) is 6.54. The number of esters is 1. The molecule has 0 heterocycles. The molecule has 24 heavy (non-hydrogen) atoms. The Bertz CT molecular complexity index is 686. The molecule has 1 atom stereocenters. The van der Waals surface area contributed by atoms with Gasteiger partial charge in [-0.2, -0.15) is 0 Å². The number of hydrogen-bond acceptors (Lipinski definition) is 4. The fraction of sp³-hybridized carbons (Fsp3) is 0.263. The Morgan fingerprint density at radius 1 is 1.08 bits per heavy atom. The summed E-state index contributed by atoms with van der Waals surface area (Å²) in [5.41, 5.74) is 1.63. The summed E-state index contributed by atoms with van der Waals surface area (Å²) in [6.07, 6.45) is 0. The molecule has 2 aromatic rings. The van der Waals surface area contributed by atoms with Crippen molar-refractivity contribution in [3.05, 3.63) is 70.2 Å². The highest BCUT2D eigenvalue weighted by Crippen LogP contribution is 2.16. The van der Waals surface area contributed by atoms with Crippen LogP contribution in [-0.2, 0) is 16.1 Å². The van der Waals surface area contributed by atoms with E-state index in [4.69, 9.17) is 4.74 Å². The third-order valence-corrected chi connectivity index (χ3v) is 4.25. The summed E-state index contributed by atoms with van der Waals surface area (Å²) in [6, 6.07) is 16.9. The van der Waals surface area contributed by atoms with Crippen molar-refractivity contribution >= 4 is 27.7 Å². The van der Waals surface area contributed by atoms with Crippen LogP contribution in [-0.4, -0.2) is 37.4 Å². The van der Waals surface area contributed by atoms with E-state index in [9.17, 15) is 9.59 Å². The van der Waals surface area contributed by atoms with E-state index in [0.29, 0.717) is 18.7 Å². The lowest BCUT2D eigenvalue weighted by molar-refractivity contribution is -0.144. The van der Waals surface area contributed by atoms with Gasteiger partial charge in [-0.25, -0.2) is 0 Å². The molecule has 0 saturated carbocycles. The molecule has 0 aliphatic heterocycles. The minimum atomic E-state index is -0.843. The van der Waals surface area contributed by atoms with Gasteiger partial charge in [0.05, 0.1) is 7.11 Å². The van der Waals surface area contributed by atoms with Crippen molar-refractivity contribution in [1.29, 1.82) is 0 Å². The quantitative estimate of drug-likeness (QED) is 0.412. The number of Topliss-reactive ketones (excluding diaryl/α,β-unsaturated/α-hetero) is 1. The van der Waals surface area contributed by atoms with Crippen LogP contribution in [0.15, 0.2) is 59.1 Å². The van der Waals surface area contributed by atoms with Gasteiger partial charge in [-0.3, -0.25) is 9.59 Å². The number of nitrogens with zero attached hydrogens (tertiary/aromatic N) is 1. The number of carbonyl (C=O) groups excluding carboxylic acids is 2. The summed E-state index contributed by atoms with van der Waals surface area (Å²) in [7, 11) is 3.19. The number of methoxy groups -OCH3 is 1. The molecular formula is C19H20BrNO3. The molecule has 0 saturated heterocycles. The summed E-state index contributed by atoms with van der Waals surface area (Å²) >= 11 is 3.34. The van der Waals surface area contributed by atoms with E-state index >= 15 is 0 Å². The first-order valence-corrected chi connectivity index (χ1v) is 8.40. The number of ether oxygens (including phenoxy) is 1. The number of halogens is 1. The van der Waals surface area contributed by atoms with E-state index in [1.54, 1.807) is 24.3 Å². The zero-order valence-corrected chi connectivity index (χ0v) is 15.3. The smallest absolute Gasteiger partial charge is 0.317 e. The molecule has 0 spiro atoms. The monoisotopic (exact) mass is 389 g/mol. The van der Waals surface area contributed by atoms with Crippen LogP contribution in [0.4, 0.5) is 0 Å². The first kappa shape index (κ1) is 18.4. The Hall–Kier alpha value is -1.98. The molecule has 0 fully saturated rings. The third kappa shape index (κ3) is 5.01. The van der Waals surface area contributed by atoms with E-state index in [1.165, 1.54) is 7.11 Å². The van der Waals surface area contributed by atoms with Crippen molar-refractivity contribution in [3.63, 3.8) is 0 Å². The van der Waals surface area contributed by atoms with Gasteiger partial charge < -0.3 is 9.64 Å². The summed E-state index contributed by atoms with van der Waals surface area (Å²) < 4.78 is 5.72. The number of carbonyl (C=O) groups is 2. The number of rotatable bonds is 7. The van der Waals surface area contributed by atoms with E-state index in [-0.39, 0.29) is 5.78 Å². The third-order valence-electron chi connectivity index (χ3n) is 3.72. The molecule has 0 aliphatic rings. The Kier molecular flexibility index (Phi) is 6.70. The zero-order valence-electron chi connectivity index (χ0n) is 13.7. The lowest BCUT2D eigenvalue weighted by atomic mass is 9.97. The van der Waals surface area contributed by atoms with Crippen molar-refractivity contribution in [1.82, 2.24) is 4.90 Å². The molecule has 0 N–H and O–H groups in total. The van der Waals surface area contributed by atoms with Gasteiger partial charge >= 0.3 is 5.97 Å². The van der Waals surface area contributed by atoms with Crippen LogP contribution in [0.1, 0.15) is 15.9 Å². The molecule has 4 nitrogen and oxygen atoms in total. The number of benzene rings is 2. The molecule has 0 radical (unpaired) electrons. The van der Waals surface area contributed by atoms with Crippen molar-refractivity contribution in [2.75, 3.05) is 20.7 Å². The second kappa shape index (κ2) is 8.76. The van der Waals surface area contributed by atoms with Gasteiger partial charge in [0.25, 0.3) is 0 Å². The van der Waals surface area contributed by atoms with E-state index < -0.39 is 11.9 Å². The first-order chi connectivity index (χ1) is 11.5. The summed E-state index contributed by atoms with van der Waals surface area (Å²) in [6.45, 7) is 0.957. The Balaban J connectivity index is 2.11. The SMILES string of the molecule is COC(=O)C(CN(C)Cc1ccccc1)C(=O)c1ccc(Br)cc1. The van der Waals surface area contributed by atoms with Crippen molar-refractivity contribution < 1.29 is 14.3 Å². The second-order valence-electron chi connectivity index (χ2n) is 5.63. The number of hydrogen-bond donors (Lipinski definition) is 0. The van der Waals surface area contributed by atoms with Crippen LogP contribution in [0.5, 0.6) is 0 Å². The standard InChI is InChI=1S/C19H20BrNO3/c1-21(12-14-6-4-3-5-7-14)13-17(19(23)24-2)18(22)15-8-10-16(20)11-9-15/h3-11,17H,12-13H2,1-2H3. The minimum Gasteiger partial charge on any atom is -0.468 e. The van der Waals surface area contributed by atoms with E-state index in [1.807, 2.05) is 42.3 Å². The van der Waals surface area contributed by atoms with Crippen LogP contribution < -0.4 is 0 Å². The number of ketones is 1. The maximum absolute atomic E-state index is 12.7. The van der Waals surface area contributed by atoms with Crippen molar-refractivity contribution in [3.8, 4) is 0 Å². The molecule has 0 aromatic heterocycles. The molecule has 1 unspecified atom stereocenters. The van der Waals surface area contributed by atoms with Crippen LogP contribution in [0.3, 0.4) is 0 Å². The Labute approximate surface area is 150 Å². The fourth-order valence-electron chi connectivity index (χ4n) is 2.49. The topological polar surface area (TPSA) is 46.6 Å². The van der Waals surface area contributed by atoms with Gasteiger partial charge in [0.2, 0.25) is 0 Å². The maximum Gasteiger partial charge on any atom is 0.317 e. The molecule has 5 heteroatoms. The van der Waals surface area contributed by atoms with E-state index in [2.05, 4.69) is 15.9 Å². The van der Waals surface area contributed by atoms with Crippen LogP contribution in [0.25, 0.3) is 0 Å². The molecule has 2 aromatic carbocycles. The highest BCUT2D eigenvalue weighted by Gasteiger charge is 2.29.